The van der Waals surface area contributed by atoms with Crippen LogP contribution in [0.25, 0.3) is 0 Å². The van der Waals surface area contributed by atoms with Crippen LogP contribution < -0.4 is 10.6 Å². The Morgan fingerprint density at radius 1 is 1.33 bits per heavy atom. The maximum Gasteiger partial charge on any atom is 0.389 e. The number of hydrogen-bond donors (Lipinski definition) is 3. The fourth-order valence-electron chi connectivity index (χ4n) is 1.18. The summed E-state index contributed by atoms with van der Waals surface area (Å²) in [5.74, 6) is -0.964. The van der Waals surface area contributed by atoms with Crippen LogP contribution in [-0.2, 0) is 4.79 Å². The molecule has 5 nitrogen and oxygen atoms in total. The quantitative estimate of drug-likeness (QED) is 0.618. The fraction of sp³-hybridized carbons (Fsp3) is 0.800. The standard InChI is InChI=1S/C10H17F3N2O3/c1-7(3-4-8(16)17)15-9(18)14-6-2-5-10(11,12)13/h7H,2-6H2,1H3,(H,16,17)(H2,14,15,18). The van der Waals surface area contributed by atoms with Crippen LogP contribution in [0, 0.1) is 0 Å². The summed E-state index contributed by atoms with van der Waals surface area (Å²) in [4.78, 5) is 21.4. The molecule has 18 heavy (non-hydrogen) atoms. The molecule has 0 radical (unpaired) electrons. The molecule has 8 heteroatoms. The third-order valence-corrected chi connectivity index (χ3v) is 2.09. The van der Waals surface area contributed by atoms with Gasteiger partial charge in [0.2, 0.25) is 0 Å². The lowest BCUT2D eigenvalue weighted by Crippen LogP contribution is -2.41. The van der Waals surface area contributed by atoms with Crippen LogP contribution in [0.15, 0.2) is 0 Å². The first-order chi connectivity index (χ1) is 8.20. The molecule has 0 fully saturated rings. The summed E-state index contributed by atoms with van der Waals surface area (Å²) in [7, 11) is 0. The molecule has 0 aliphatic carbocycles. The Bertz CT molecular complexity index is 282. The molecule has 1 unspecified atom stereocenters. The van der Waals surface area contributed by atoms with Gasteiger partial charge in [-0.2, -0.15) is 13.2 Å². The molecule has 0 spiro atoms. The highest BCUT2D eigenvalue weighted by Gasteiger charge is 2.25. The Labute approximate surface area is 103 Å². The molecule has 0 aromatic heterocycles. The van der Waals surface area contributed by atoms with Crippen LogP contribution >= 0.6 is 0 Å². The Hall–Kier alpha value is -1.47. The van der Waals surface area contributed by atoms with E-state index < -0.39 is 24.6 Å². The molecule has 0 heterocycles. The van der Waals surface area contributed by atoms with Crippen molar-refractivity contribution in [3.8, 4) is 0 Å². The number of nitrogens with one attached hydrogen (secondary N) is 2. The van der Waals surface area contributed by atoms with Crippen molar-refractivity contribution in [1.29, 1.82) is 0 Å². The second-order valence-electron chi connectivity index (χ2n) is 3.95. The van der Waals surface area contributed by atoms with Gasteiger partial charge < -0.3 is 15.7 Å². The van der Waals surface area contributed by atoms with E-state index in [2.05, 4.69) is 10.6 Å². The highest BCUT2D eigenvalue weighted by molar-refractivity contribution is 5.74. The first-order valence-corrected chi connectivity index (χ1v) is 5.53. The second kappa shape index (κ2) is 7.78. The summed E-state index contributed by atoms with van der Waals surface area (Å²) in [5.41, 5.74) is 0. The van der Waals surface area contributed by atoms with Gasteiger partial charge in [0.1, 0.15) is 0 Å². The molecular weight excluding hydrogens is 253 g/mol. The predicted octanol–water partition coefficient (Wildman–Crippen LogP) is 1.88. The lowest BCUT2D eigenvalue weighted by Gasteiger charge is -2.13. The number of hydrogen-bond acceptors (Lipinski definition) is 2. The number of amides is 2. The Balaban J connectivity index is 3.62. The van der Waals surface area contributed by atoms with Gasteiger partial charge >= 0.3 is 18.2 Å². The van der Waals surface area contributed by atoms with E-state index in [0.717, 1.165) is 0 Å². The van der Waals surface area contributed by atoms with Crippen LogP contribution in [-0.4, -0.2) is 35.9 Å². The molecule has 0 rings (SSSR count). The lowest BCUT2D eigenvalue weighted by atomic mass is 10.2. The number of carboxylic acid groups (broad SMARTS) is 1. The minimum Gasteiger partial charge on any atom is -0.481 e. The highest BCUT2D eigenvalue weighted by Crippen LogP contribution is 2.20. The average Bonchev–Trinajstić information content (AvgIpc) is 2.20. The highest BCUT2D eigenvalue weighted by atomic mass is 19.4. The van der Waals surface area contributed by atoms with Crippen LogP contribution in [0.2, 0.25) is 0 Å². The summed E-state index contributed by atoms with van der Waals surface area (Å²) in [5, 5.41) is 13.1. The molecule has 0 aliphatic heterocycles. The number of alkyl halides is 3. The molecule has 0 saturated heterocycles. The SMILES string of the molecule is CC(CCC(=O)O)NC(=O)NCCCC(F)(F)F. The van der Waals surface area contributed by atoms with Crippen molar-refractivity contribution in [1.82, 2.24) is 10.6 Å². The second-order valence-corrected chi connectivity index (χ2v) is 3.95. The number of carboxylic acids is 1. The topological polar surface area (TPSA) is 78.4 Å². The van der Waals surface area contributed by atoms with Crippen molar-refractivity contribution in [2.45, 2.75) is 44.8 Å². The Kier molecular flexibility index (Phi) is 7.14. The van der Waals surface area contributed by atoms with Crippen molar-refractivity contribution in [2.75, 3.05) is 6.54 Å². The number of carbonyl (C=O) groups excluding carboxylic acids is 1. The fourth-order valence-corrected chi connectivity index (χ4v) is 1.18. The van der Waals surface area contributed by atoms with Gasteiger partial charge in [-0.1, -0.05) is 0 Å². The van der Waals surface area contributed by atoms with Gasteiger partial charge in [0.15, 0.2) is 0 Å². The summed E-state index contributed by atoms with van der Waals surface area (Å²) in [6.07, 6.45) is -5.14. The zero-order valence-electron chi connectivity index (χ0n) is 10.0. The number of rotatable bonds is 7. The van der Waals surface area contributed by atoms with Gasteiger partial charge in [-0.15, -0.1) is 0 Å². The molecule has 0 bridgehead atoms. The molecule has 3 N–H and O–H groups in total. The molecule has 0 aromatic carbocycles. The first kappa shape index (κ1) is 16.5. The van der Waals surface area contributed by atoms with Gasteiger partial charge in [0.05, 0.1) is 0 Å². The summed E-state index contributed by atoms with van der Waals surface area (Å²) in [6.45, 7) is 1.55. The molecule has 0 aliphatic rings. The normalized spacial score (nSPS) is 12.9. The van der Waals surface area contributed by atoms with E-state index in [1.165, 1.54) is 0 Å². The summed E-state index contributed by atoms with van der Waals surface area (Å²) >= 11 is 0. The van der Waals surface area contributed by atoms with Crippen LogP contribution in [0.1, 0.15) is 32.6 Å². The van der Waals surface area contributed by atoms with Crippen LogP contribution in [0.5, 0.6) is 0 Å². The zero-order chi connectivity index (χ0) is 14.2. The van der Waals surface area contributed by atoms with Crippen molar-refractivity contribution >= 4 is 12.0 Å². The smallest absolute Gasteiger partial charge is 0.389 e. The zero-order valence-corrected chi connectivity index (χ0v) is 10.0. The molecule has 1 atom stereocenters. The van der Waals surface area contributed by atoms with Gasteiger partial charge in [-0.05, 0) is 19.8 Å². The minimum atomic E-state index is -4.22. The molecule has 106 valence electrons. The monoisotopic (exact) mass is 270 g/mol. The average molecular weight is 270 g/mol. The van der Waals surface area contributed by atoms with Crippen molar-refractivity contribution in [2.24, 2.45) is 0 Å². The van der Waals surface area contributed by atoms with Gasteiger partial charge in [-0.3, -0.25) is 4.79 Å². The largest absolute Gasteiger partial charge is 0.481 e. The predicted molar refractivity (Wildman–Crippen MR) is 58.2 cm³/mol. The first-order valence-electron chi connectivity index (χ1n) is 5.53. The molecule has 0 aromatic rings. The third-order valence-electron chi connectivity index (χ3n) is 2.09. The van der Waals surface area contributed by atoms with Crippen LogP contribution in [0.4, 0.5) is 18.0 Å². The van der Waals surface area contributed by atoms with Crippen molar-refractivity contribution in [3.63, 3.8) is 0 Å². The summed E-state index contributed by atoms with van der Waals surface area (Å²) < 4.78 is 35.3. The van der Waals surface area contributed by atoms with Gasteiger partial charge in [0.25, 0.3) is 0 Å². The molecular formula is C10H17F3N2O3. The number of carbonyl (C=O) groups is 2. The van der Waals surface area contributed by atoms with E-state index in [1.807, 2.05) is 0 Å². The maximum atomic E-state index is 11.8. The van der Waals surface area contributed by atoms with E-state index in [1.54, 1.807) is 6.92 Å². The van der Waals surface area contributed by atoms with Crippen LogP contribution in [0.3, 0.4) is 0 Å². The minimum absolute atomic E-state index is 0.0724. The van der Waals surface area contributed by atoms with E-state index in [9.17, 15) is 22.8 Å². The third kappa shape index (κ3) is 11.0. The Morgan fingerprint density at radius 2 is 1.94 bits per heavy atom. The maximum absolute atomic E-state index is 11.8. The van der Waals surface area contributed by atoms with E-state index in [0.29, 0.717) is 0 Å². The molecule has 2 amide bonds. The van der Waals surface area contributed by atoms with Gasteiger partial charge in [-0.25, -0.2) is 4.79 Å². The lowest BCUT2D eigenvalue weighted by molar-refractivity contribution is -0.137. The molecule has 0 saturated carbocycles. The number of halogens is 3. The van der Waals surface area contributed by atoms with Crippen molar-refractivity contribution in [3.05, 3.63) is 0 Å². The van der Waals surface area contributed by atoms with E-state index in [-0.39, 0.29) is 31.8 Å². The van der Waals surface area contributed by atoms with Crippen molar-refractivity contribution < 1.29 is 27.9 Å². The summed E-state index contributed by atoms with van der Waals surface area (Å²) in [6, 6.07) is -0.932. The Morgan fingerprint density at radius 3 is 2.44 bits per heavy atom. The van der Waals surface area contributed by atoms with E-state index in [4.69, 9.17) is 5.11 Å². The number of urea groups is 1. The van der Waals surface area contributed by atoms with Gasteiger partial charge in [0, 0.05) is 25.4 Å². The number of aliphatic carboxylic acids is 1. The van der Waals surface area contributed by atoms with E-state index >= 15 is 0 Å².